The fraction of sp³-hybridized carbons (Fsp3) is 0.517. The van der Waals surface area contributed by atoms with Crippen LogP contribution in [0.3, 0.4) is 0 Å². The van der Waals surface area contributed by atoms with Gasteiger partial charge in [-0.1, -0.05) is 42.0 Å². The van der Waals surface area contributed by atoms with Gasteiger partial charge in [-0.25, -0.2) is 8.42 Å². The largest absolute Gasteiger partial charge is 0.337 e. The van der Waals surface area contributed by atoms with Crippen LogP contribution in [0.25, 0.3) is 11.1 Å². The molecule has 38 heavy (non-hydrogen) atoms. The highest BCUT2D eigenvalue weighted by atomic mass is 32.2. The number of likely N-dealkylation sites (tertiary alicyclic amines) is 3. The van der Waals surface area contributed by atoms with Gasteiger partial charge in [0.1, 0.15) is 6.04 Å². The molecule has 0 spiro atoms. The molecular formula is C29H38N4O4S. The zero-order valence-electron chi connectivity index (χ0n) is 22.1. The molecule has 3 heterocycles. The van der Waals surface area contributed by atoms with Crippen molar-refractivity contribution in [3.63, 3.8) is 0 Å². The molecule has 3 aliphatic rings. The average Bonchev–Trinajstić information content (AvgIpc) is 3.59. The van der Waals surface area contributed by atoms with Crippen LogP contribution in [0.15, 0.2) is 53.4 Å². The van der Waals surface area contributed by atoms with Gasteiger partial charge in [-0.15, -0.1) is 0 Å². The van der Waals surface area contributed by atoms with E-state index < -0.39 is 16.1 Å². The van der Waals surface area contributed by atoms with Gasteiger partial charge in [0.05, 0.1) is 11.4 Å². The lowest BCUT2D eigenvalue weighted by molar-refractivity contribution is -0.143. The van der Waals surface area contributed by atoms with Crippen molar-refractivity contribution >= 4 is 21.8 Å². The number of rotatable bonds is 8. The predicted molar refractivity (Wildman–Crippen MR) is 147 cm³/mol. The van der Waals surface area contributed by atoms with Crippen LogP contribution >= 0.6 is 0 Å². The maximum atomic E-state index is 13.2. The molecule has 1 N–H and O–H groups in total. The summed E-state index contributed by atoms with van der Waals surface area (Å²) < 4.78 is 28.9. The van der Waals surface area contributed by atoms with E-state index in [1.54, 1.807) is 24.3 Å². The van der Waals surface area contributed by atoms with E-state index >= 15 is 0 Å². The number of nitrogens with one attached hydrogen (secondary N) is 1. The number of hydrogen-bond acceptors (Lipinski definition) is 5. The smallest absolute Gasteiger partial charge is 0.242 e. The monoisotopic (exact) mass is 538 g/mol. The number of nitrogens with zero attached hydrogens (tertiary/aromatic N) is 3. The summed E-state index contributed by atoms with van der Waals surface area (Å²) in [5, 5.41) is 0. The molecule has 2 amide bonds. The van der Waals surface area contributed by atoms with Crippen molar-refractivity contribution in [3.8, 4) is 11.1 Å². The van der Waals surface area contributed by atoms with Crippen molar-refractivity contribution in [2.45, 2.75) is 62.4 Å². The summed E-state index contributed by atoms with van der Waals surface area (Å²) in [6.45, 7) is 6.33. The van der Waals surface area contributed by atoms with E-state index in [0.717, 1.165) is 55.7 Å². The van der Waals surface area contributed by atoms with Crippen LogP contribution in [-0.4, -0.2) is 86.3 Å². The molecule has 0 radical (unpaired) electrons. The van der Waals surface area contributed by atoms with Gasteiger partial charge in [0.25, 0.3) is 0 Å². The number of hydrogen-bond donors (Lipinski definition) is 1. The SMILES string of the molecule is Cc1cccc(-c2ccc(S(=O)(=O)NC3CCCN(CC(=O)N4CCCC4CN4CCCC4)C3=O)cc2)c1. The summed E-state index contributed by atoms with van der Waals surface area (Å²) in [6, 6.07) is 14.1. The van der Waals surface area contributed by atoms with Gasteiger partial charge in [0.15, 0.2) is 0 Å². The average molecular weight is 539 g/mol. The number of carbonyl (C=O) groups excluding carboxylic acids is 2. The Morgan fingerprint density at radius 2 is 1.66 bits per heavy atom. The molecule has 5 rings (SSSR count). The molecule has 0 bridgehead atoms. The van der Waals surface area contributed by atoms with Crippen molar-refractivity contribution in [1.82, 2.24) is 19.4 Å². The Morgan fingerprint density at radius 3 is 2.39 bits per heavy atom. The number of benzene rings is 2. The first kappa shape index (κ1) is 26.8. The Balaban J connectivity index is 1.20. The molecule has 204 valence electrons. The third-order valence-corrected chi connectivity index (χ3v) is 9.52. The van der Waals surface area contributed by atoms with Crippen LogP contribution in [0.1, 0.15) is 44.1 Å². The second-order valence-corrected chi connectivity index (χ2v) is 12.6. The predicted octanol–water partition coefficient (Wildman–Crippen LogP) is 3.02. The third kappa shape index (κ3) is 6.11. The molecule has 3 saturated heterocycles. The lowest BCUT2D eigenvalue weighted by Crippen LogP contribution is -2.55. The molecular weight excluding hydrogens is 500 g/mol. The van der Waals surface area contributed by atoms with E-state index in [1.807, 2.05) is 30.0 Å². The minimum absolute atomic E-state index is 0.0126. The lowest BCUT2D eigenvalue weighted by Gasteiger charge is -2.34. The van der Waals surface area contributed by atoms with Gasteiger partial charge in [-0.2, -0.15) is 4.72 Å². The number of aryl methyl sites for hydroxylation is 1. The molecule has 0 aromatic heterocycles. The summed E-state index contributed by atoms with van der Waals surface area (Å²) in [7, 11) is -3.89. The van der Waals surface area contributed by atoms with Crippen LogP contribution in [-0.2, 0) is 19.6 Å². The number of piperidine rings is 1. The van der Waals surface area contributed by atoms with Crippen LogP contribution in [0.2, 0.25) is 0 Å². The molecule has 0 saturated carbocycles. The Hall–Kier alpha value is -2.75. The third-order valence-electron chi connectivity index (χ3n) is 8.04. The van der Waals surface area contributed by atoms with E-state index in [1.165, 1.54) is 17.7 Å². The fourth-order valence-corrected chi connectivity index (χ4v) is 7.21. The fourth-order valence-electron chi connectivity index (χ4n) is 5.98. The molecule has 3 fully saturated rings. The van der Waals surface area contributed by atoms with Gasteiger partial charge in [-0.05, 0) is 81.8 Å². The number of carbonyl (C=O) groups is 2. The number of amides is 2. The highest BCUT2D eigenvalue weighted by Gasteiger charge is 2.36. The Bertz CT molecular complexity index is 1260. The van der Waals surface area contributed by atoms with Gasteiger partial charge in [0, 0.05) is 25.7 Å². The van der Waals surface area contributed by atoms with Gasteiger partial charge >= 0.3 is 0 Å². The summed E-state index contributed by atoms with van der Waals surface area (Å²) in [5.41, 5.74) is 3.08. The van der Waals surface area contributed by atoms with Gasteiger partial charge < -0.3 is 14.7 Å². The normalized spacial score (nSPS) is 22.8. The minimum Gasteiger partial charge on any atom is -0.337 e. The van der Waals surface area contributed by atoms with Crippen LogP contribution in [0, 0.1) is 6.92 Å². The summed E-state index contributed by atoms with van der Waals surface area (Å²) in [5.74, 6) is -0.352. The second-order valence-electron chi connectivity index (χ2n) is 10.9. The van der Waals surface area contributed by atoms with Crippen LogP contribution in [0.4, 0.5) is 0 Å². The quantitative estimate of drug-likeness (QED) is 0.558. The first-order valence-electron chi connectivity index (χ1n) is 13.8. The van der Waals surface area contributed by atoms with E-state index in [0.29, 0.717) is 19.4 Å². The molecule has 2 aromatic carbocycles. The highest BCUT2D eigenvalue weighted by Crippen LogP contribution is 2.24. The summed E-state index contributed by atoms with van der Waals surface area (Å²) in [6.07, 6.45) is 5.50. The van der Waals surface area contributed by atoms with Crippen molar-refractivity contribution in [3.05, 3.63) is 54.1 Å². The number of sulfonamides is 1. The summed E-state index contributed by atoms with van der Waals surface area (Å²) in [4.78, 5) is 32.5. The molecule has 8 nitrogen and oxygen atoms in total. The standard InChI is InChI=1S/C29H38N4O4S/c1-22-7-4-8-24(19-22)23-11-13-26(14-12-23)38(36,37)30-27-10-6-17-32(29(27)35)21-28(34)33-18-5-9-25(33)20-31-15-2-3-16-31/h4,7-8,11-14,19,25,27,30H,2-3,5-6,9-10,15-18,20-21H2,1H3. The van der Waals surface area contributed by atoms with Crippen molar-refractivity contribution in [2.24, 2.45) is 0 Å². The van der Waals surface area contributed by atoms with Crippen molar-refractivity contribution in [2.75, 3.05) is 39.3 Å². The second kappa shape index (κ2) is 11.6. The van der Waals surface area contributed by atoms with E-state index in [9.17, 15) is 18.0 Å². The molecule has 3 aliphatic heterocycles. The zero-order valence-corrected chi connectivity index (χ0v) is 23.0. The maximum absolute atomic E-state index is 13.2. The van der Waals surface area contributed by atoms with Crippen molar-refractivity contribution < 1.29 is 18.0 Å². The molecule has 2 atom stereocenters. The van der Waals surface area contributed by atoms with E-state index in [4.69, 9.17) is 0 Å². The van der Waals surface area contributed by atoms with Crippen LogP contribution < -0.4 is 4.72 Å². The van der Waals surface area contributed by atoms with Crippen molar-refractivity contribution in [1.29, 1.82) is 0 Å². The molecule has 9 heteroatoms. The van der Waals surface area contributed by atoms with Gasteiger partial charge in [0.2, 0.25) is 21.8 Å². The summed E-state index contributed by atoms with van der Waals surface area (Å²) >= 11 is 0. The lowest BCUT2D eigenvalue weighted by atomic mass is 10.0. The minimum atomic E-state index is -3.89. The van der Waals surface area contributed by atoms with E-state index in [-0.39, 0.29) is 29.3 Å². The topological polar surface area (TPSA) is 90.0 Å². The Morgan fingerprint density at radius 1 is 0.921 bits per heavy atom. The molecule has 2 unspecified atom stereocenters. The zero-order chi connectivity index (χ0) is 26.7. The molecule has 0 aliphatic carbocycles. The molecule has 2 aromatic rings. The Labute approximate surface area is 226 Å². The van der Waals surface area contributed by atoms with E-state index in [2.05, 4.69) is 15.7 Å². The maximum Gasteiger partial charge on any atom is 0.242 e. The highest BCUT2D eigenvalue weighted by molar-refractivity contribution is 7.89. The first-order chi connectivity index (χ1) is 18.3. The Kier molecular flexibility index (Phi) is 8.16. The first-order valence-corrected chi connectivity index (χ1v) is 15.3. The van der Waals surface area contributed by atoms with Crippen LogP contribution in [0.5, 0.6) is 0 Å². The van der Waals surface area contributed by atoms with Gasteiger partial charge in [-0.3, -0.25) is 9.59 Å².